The maximum Gasteiger partial charge on any atom is 0.307 e. The van der Waals surface area contributed by atoms with E-state index in [1.165, 1.54) is 19.3 Å². The molecule has 3 nitrogen and oxygen atoms in total. The normalized spacial score (nSPS) is 22.9. The number of likely N-dealkylation sites (tertiary alicyclic amines) is 1. The third kappa shape index (κ3) is 2.94. The minimum absolute atomic E-state index is 0.241. The van der Waals surface area contributed by atoms with Gasteiger partial charge in [-0.15, -0.1) is 0 Å². The SMILES string of the molecule is CCC1(CC)CCN(CC(C)C(=O)O)C1. The van der Waals surface area contributed by atoms with Crippen molar-refractivity contribution in [2.24, 2.45) is 11.3 Å². The van der Waals surface area contributed by atoms with E-state index in [4.69, 9.17) is 5.11 Å². The highest BCUT2D eigenvalue weighted by molar-refractivity contribution is 5.69. The lowest BCUT2D eigenvalue weighted by Gasteiger charge is -2.27. The van der Waals surface area contributed by atoms with Gasteiger partial charge in [-0.2, -0.15) is 0 Å². The Morgan fingerprint density at radius 3 is 2.47 bits per heavy atom. The molecule has 88 valence electrons. The van der Waals surface area contributed by atoms with Crippen LogP contribution in [0.2, 0.25) is 0 Å². The maximum absolute atomic E-state index is 10.8. The fraction of sp³-hybridized carbons (Fsp3) is 0.917. The summed E-state index contributed by atoms with van der Waals surface area (Å²) in [6, 6.07) is 0. The zero-order chi connectivity index (χ0) is 11.5. The highest BCUT2D eigenvalue weighted by Crippen LogP contribution is 2.37. The molecule has 0 bridgehead atoms. The first-order valence-corrected chi connectivity index (χ1v) is 5.98. The van der Waals surface area contributed by atoms with Crippen molar-refractivity contribution in [3.63, 3.8) is 0 Å². The molecule has 1 aliphatic heterocycles. The van der Waals surface area contributed by atoms with Gasteiger partial charge in [0, 0.05) is 13.1 Å². The Morgan fingerprint density at radius 2 is 2.07 bits per heavy atom. The molecule has 1 aliphatic rings. The van der Waals surface area contributed by atoms with E-state index in [1.54, 1.807) is 6.92 Å². The topological polar surface area (TPSA) is 40.5 Å². The molecular weight excluding hydrogens is 190 g/mol. The highest BCUT2D eigenvalue weighted by Gasteiger charge is 2.35. The lowest BCUT2D eigenvalue weighted by Crippen LogP contribution is -2.32. The molecule has 1 fully saturated rings. The van der Waals surface area contributed by atoms with Gasteiger partial charge < -0.3 is 10.0 Å². The number of nitrogens with zero attached hydrogens (tertiary/aromatic N) is 1. The lowest BCUT2D eigenvalue weighted by atomic mass is 9.82. The third-order valence-corrected chi connectivity index (χ3v) is 3.97. The standard InChI is InChI=1S/C12H23NO2/c1-4-12(5-2)6-7-13(9-12)8-10(3)11(14)15/h10H,4-9H2,1-3H3,(H,14,15). The monoisotopic (exact) mass is 213 g/mol. The fourth-order valence-electron chi connectivity index (χ4n) is 2.48. The Balaban J connectivity index is 2.45. The first kappa shape index (κ1) is 12.5. The van der Waals surface area contributed by atoms with Gasteiger partial charge in [-0.3, -0.25) is 4.79 Å². The molecular formula is C12H23NO2. The van der Waals surface area contributed by atoms with Gasteiger partial charge >= 0.3 is 5.97 Å². The molecule has 1 heterocycles. The van der Waals surface area contributed by atoms with Crippen molar-refractivity contribution in [1.29, 1.82) is 0 Å². The van der Waals surface area contributed by atoms with Crippen molar-refractivity contribution in [3.05, 3.63) is 0 Å². The van der Waals surface area contributed by atoms with Crippen molar-refractivity contribution in [2.75, 3.05) is 19.6 Å². The average molecular weight is 213 g/mol. The van der Waals surface area contributed by atoms with Crippen LogP contribution in [-0.2, 0) is 4.79 Å². The molecule has 15 heavy (non-hydrogen) atoms. The van der Waals surface area contributed by atoms with Crippen LogP contribution in [-0.4, -0.2) is 35.6 Å². The molecule has 1 atom stereocenters. The Bertz CT molecular complexity index is 224. The zero-order valence-corrected chi connectivity index (χ0v) is 10.1. The smallest absolute Gasteiger partial charge is 0.307 e. The molecule has 0 radical (unpaired) electrons. The van der Waals surface area contributed by atoms with Gasteiger partial charge in [0.05, 0.1) is 5.92 Å². The quantitative estimate of drug-likeness (QED) is 0.761. The van der Waals surface area contributed by atoms with Crippen LogP contribution < -0.4 is 0 Å². The summed E-state index contributed by atoms with van der Waals surface area (Å²) in [6.07, 6.45) is 3.65. The third-order valence-electron chi connectivity index (χ3n) is 3.97. The van der Waals surface area contributed by atoms with E-state index < -0.39 is 5.97 Å². The van der Waals surface area contributed by atoms with Crippen LogP contribution in [0.4, 0.5) is 0 Å². The number of carboxylic acid groups (broad SMARTS) is 1. The van der Waals surface area contributed by atoms with E-state index in [0.29, 0.717) is 12.0 Å². The number of hydrogen-bond acceptors (Lipinski definition) is 2. The number of rotatable bonds is 5. The lowest BCUT2D eigenvalue weighted by molar-refractivity contribution is -0.141. The average Bonchev–Trinajstić information content (AvgIpc) is 2.62. The van der Waals surface area contributed by atoms with Crippen LogP contribution in [0, 0.1) is 11.3 Å². The summed E-state index contributed by atoms with van der Waals surface area (Å²) in [6.45, 7) is 9.13. The second kappa shape index (κ2) is 4.97. The minimum Gasteiger partial charge on any atom is -0.481 e. The summed E-state index contributed by atoms with van der Waals surface area (Å²) in [7, 11) is 0. The first-order chi connectivity index (χ1) is 7.03. The summed E-state index contributed by atoms with van der Waals surface area (Å²) in [5.41, 5.74) is 0.457. The van der Waals surface area contributed by atoms with Crippen molar-refractivity contribution >= 4 is 5.97 Å². The molecule has 0 saturated carbocycles. The van der Waals surface area contributed by atoms with Crippen LogP contribution in [0.25, 0.3) is 0 Å². The molecule has 0 aromatic heterocycles. The van der Waals surface area contributed by atoms with Gasteiger partial charge in [0.15, 0.2) is 0 Å². The van der Waals surface area contributed by atoms with Gasteiger partial charge in [-0.1, -0.05) is 20.8 Å². The molecule has 1 N–H and O–H groups in total. The molecule has 1 unspecified atom stereocenters. The molecule has 3 heteroatoms. The molecule has 0 spiro atoms. The molecule has 0 aliphatic carbocycles. The van der Waals surface area contributed by atoms with Crippen molar-refractivity contribution in [1.82, 2.24) is 4.90 Å². The number of carboxylic acids is 1. The van der Waals surface area contributed by atoms with Gasteiger partial charge in [0.25, 0.3) is 0 Å². The summed E-state index contributed by atoms with van der Waals surface area (Å²) < 4.78 is 0. The van der Waals surface area contributed by atoms with Crippen molar-refractivity contribution in [2.45, 2.75) is 40.0 Å². The maximum atomic E-state index is 10.8. The predicted molar refractivity (Wildman–Crippen MR) is 60.9 cm³/mol. The summed E-state index contributed by atoms with van der Waals surface area (Å²) in [5.74, 6) is -0.921. The second-order valence-electron chi connectivity index (χ2n) is 4.93. The molecule has 0 aromatic carbocycles. The number of hydrogen-bond donors (Lipinski definition) is 1. The van der Waals surface area contributed by atoms with Gasteiger partial charge in [0.2, 0.25) is 0 Å². The van der Waals surface area contributed by atoms with Crippen LogP contribution in [0.5, 0.6) is 0 Å². The van der Waals surface area contributed by atoms with Gasteiger partial charge in [-0.25, -0.2) is 0 Å². The molecule has 0 amide bonds. The van der Waals surface area contributed by atoms with Crippen molar-refractivity contribution < 1.29 is 9.90 Å². The Hall–Kier alpha value is -0.570. The molecule has 1 rings (SSSR count). The van der Waals surface area contributed by atoms with Gasteiger partial charge in [-0.05, 0) is 31.2 Å². The van der Waals surface area contributed by atoms with Crippen LogP contribution in [0.1, 0.15) is 40.0 Å². The number of carbonyl (C=O) groups is 1. The number of aliphatic carboxylic acids is 1. The van der Waals surface area contributed by atoms with E-state index in [-0.39, 0.29) is 5.92 Å². The van der Waals surface area contributed by atoms with E-state index in [9.17, 15) is 4.79 Å². The highest BCUT2D eigenvalue weighted by atomic mass is 16.4. The van der Waals surface area contributed by atoms with E-state index in [1.807, 2.05) is 0 Å². The van der Waals surface area contributed by atoms with Crippen LogP contribution in [0.3, 0.4) is 0 Å². The Labute approximate surface area is 92.5 Å². The van der Waals surface area contributed by atoms with E-state index in [0.717, 1.165) is 13.1 Å². The van der Waals surface area contributed by atoms with Gasteiger partial charge in [0.1, 0.15) is 0 Å². The van der Waals surface area contributed by atoms with E-state index in [2.05, 4.69) is 18.7 Å². The Morgan fingerprint density at radius 1 is 1.47 bits per heavy atom. The van der Waals surface area contributed by atoms with E-state index >= 15 is 0 Å². The summed E-state index contributed by atoms with van der Waals surface area (Å²) in [5, 5.41) is 8.86. The zero-order valence-electron chi connectivity index (χ0n) is 10.1. The molecule has 0 aromatic rings. The summed E-state index contributed by atoms with van der Waals surface area (Å²) in [4.78, 5) is 13.1. The largest absolute Gasteiger partial charge is 0.481 e. The van der Waals surface area contributed by atoms with Crippen LogP contribution in [0.15, 0.2) is 0 Å². The predicted octanol–water partition coefficient (Wildman–Crippen LogP) is 2.22. The molecule has 1 saturated heterocycles. The fourth-order valence-corrected chi connectivity index (χ4v) is 2.48. The van der Waals surface area contributed by atoms with Crippen molar-refractivity contribution in [3.8, 4) is 0 Å². The minimum atomic E-state index is -0.680. The summed E-state index contributed by atoms with van der Waals surface area (Å²) >= 11 is 0. The first-order valence-electron chi connectivity index (χ1n) is 5.98. The second-order valence-corrected chi connectivity index (χ2v) is 4.93. The Kier molecular flexibility index (Phi) is 4.14. The van der Waals surface area contributed by atoms with Crippen LogP contribution >= 0.6 is 0 Å².